The lowest BCUT2D eigenvalue weighted by atomic mass is 10.1. The van der Waals surface area contributed by atoms with Crippen molar-refractivity contribution in [1.29, 1.82) is 0 Å². The van der Waals surface area contributed by atoms with Crippen LogP contribution in [0, 0.1) is 20.8 Å². The van der Waals surface area contributed by atoms with Gasteiger partial charge in [-0.25, -0.2) is 4.98 Å². The van der Waals surface area contributed by atoms with Crippen molar-refractivity contribution in [3.05, 3.63) is 40.7 Å². The summed E-state index contributed by atoms with van der Waals surface area (Å²) in [5.74, 6) is -0.0381. The highest BCUT2D eigenvalue weighted by molar-refractivity contribution is 7.22. The smallest absolute Gasteiger partial charge is 0.278 e. The molecule has 1 aliphatic heterocycles. The number of carbonyl (C=O) groups excluding carboxylic acids is 1. The molecule has 2 aromatic heterocycles. The van der Waals surface area contributed by atoms with Crippen LogP contribution < -0.4 is 4.90 Å². The number of hydrogen-bond acceptors (Lipinski definition) is 6. The number of anilines is 1. The van der Waals surface area contributed by atoms with Crippen molar-refractivity contribution in [3.63, 3.8) is 0 Å². The van der Waals surface area contributed by atoms with Crippen molar-refractivity contribution in [2.45, 2.75) is 27.2 Å². The SMILES string of the molecule is Cc1cnn(C)c1C(=O)N(CCCN1CCOCC1)c1nc2c(C)ccc(C)c2s1. The van der Waals surface area contributed by atoms with E-state index in [1.54, 1.807) is 22.2 Å². The monoisotopic (exact) mass is 427 g/mol. The van der Waals surface area contributed by atoms with E-state index in [0.29, 0.717) is 12.2 Å². The quantitative estimate of drug-likeness (QED) is 0.604. The lowest BCUT2D eigenvalue weighted by Gasteiger charge is -2.27. The fraction of sp³-hybridized carbons (Fsp3) is 0.500. The minimum atomic E-state index is -0.0381. The molecule has 1 saturated heterocycles. The Labute approximate surface area is 181 Å². The van der Waals surface area contributed by atoms with Crippen molar-refractivity contribution in [3.8, 4) is 0 Å². The van der Waals surface area contributed by atoms with Crippen LogP contribution in [0.25, 0.3) is 10.2 Å². The maximum Gasteiger partial charge on any atom is 0.278 e. The number of rotatable bonds is 6. The molecule has 4 rings (SSSR count). The van der Waals surface area contributed by atoms with E-state index in [9.17, 15) is 4.79 Å². The van der Waals surface area contributed by atoms with Gasteiger partial charge in [0.05, 0.1) is 29.6 Å². The maximum absolute atomic E-state index is 13.6. The fourth-order valence-electron chi connectivity index (χ4n) is 3.91. The molecule has 1 amide bonds. The Balaban J connectivity index is 1.63. The summed E-state index contributed by atoms with van der Waals surface area (Å²) < 4.78 is 8.26. The average molecular weight is 428 g/mol. The van der Waals surface area contributed by atoms with Gasteiger partial charge < -0.3 is 4.74 Å². The molecule has 0 atom stereocenters. The number of aryl methyl sites for hydroxylation is 4. The third kappa shape index (κ3) is 4.12. The van der Waals surface area contributed by atoms with Crippen molar-refractivity contribution < 1.29 is 9.53 Å². The zero-order chi connectivity index (χ0) is 21.3. The summed E-state index contributed by atoms with van der Waals surface area (Å²) in [6.45, 7) is 11.1. The number of fused-ring (bicyclic) bond motifs is 1. The van der Waals surface area contributed by atoms with Gasteiger partial charge in [-0.2, -0.15) is 5.10 Å². The molecule has 1 fully saturated rings. The Kier molecular flexibility index (Phi) is 6.17. The molecule has 1 aromatic carbocycles. The second-order valence-electron chi connectivity index (χ2n) is 7.94. The molecular weight excluding hydrogens is 398 g/mol. The first-order valence-electron chi connectivity index (χ1n) is 10.4. The normalized spacial score (nSPS) is 15.1. The van der Waals surface area contributed by atoms with Crippen LogP contribution in [0.3, 0.4) is 0 Å². The predicted molar refractivity (Wildman–Crippen MR) is 121 cm³/mol. The Morgan fingerprint density at radius 2 is 1.90 bits per heavy atom. The summed E-state index contributed by atoms with van der Waals surface area (Å²) in [5.41, 5.74) is 4.82. The first-order chi connectivity index (χ1) is 14.5. The predicted octanol–water partition coefficient (Wildman–Crippen LogP) is 3.32. The van der Waals surface area contributed by atoms with E-state index in [-0.39, 0.29) is 5.91 Å². The molecule has 7 nitrogen and oxygen atoms in total. The summed E-state index contributed by atoms with van der Waals surface area (Å²) in [6.07, 6.45) is 2.63. The highest BCUT2D eigenvalue weighted by Crippen LogP contribution is 2.34. The Bertz CT molecular complexity index is 993. The minimum absolute atomic E-state index is 0.0381. The highest BCUT2D eigenvalue weighted by Gasteiger charge is 2.26. The molecule has 0 bridgehead atoms. The summed E-state index contributed by atoms with van der Waals surface area (Å²) in [4.78, 5) is 22.7. The summed E-state index contributed by atoms with van der Waals surface area (Å²) in [5, 5.41) is 5.03. The van der Waals surface area contributed by atoms with E-state index in [0.717, 1.165) is 65.7 Å². The molecule has 0 saturated carbocycles. The van der Waals surface area contributed by atoms with Crippen LogP contribution in [0.2, 0.25) is 0 Å². The fourth-order valence-corrected chi connectivity index (χ4v) is 5.04. The molecule has 30 heavy (non-hydrogen) atoms. The van der Waals surface area contributed by atoms with Gasteiger partial charge in [-0.15, -0.1) is 0 Å². The summed E-state index contributed by atoms with van der Waals surface area (Å²) in [7, 11) is 1.82. The molecule has 0 radical (unpaired) electrons. The Hall–Kier alpha value is -2.29. The largest absolute Gasteiger partial charge is 0.379 e. The average Bonchev–Trinajstić information content (AvgIpc) is 3.33. The number of hydrogen-bond donors (Lipinski definition) is 0. The second-order valence-corrected chi connectivity index (χ2v) is 8.92. The van der Waals surface area contributed by atoms with E-state index in [4.69, 9.17) is 9.72 Å². The van der Waals surface area contributed by atoms with Gasteiger partial charge in [0.25, 0.3) is 5.91 Å². The number of morpholine rings is 1. The molecule has 3 aromatic rings. The van der Waals surface area contributed by atoms with Crippen LogP contribution in [0.4, 0.5) is 5.13 Å². The third-order valence-corrected chi connectivity index (χ3v) is 6.90. The third-order valence-electron chi connectivity index (χ3n) is 5.69. The Morgan fingerprint density at radius 1 is 1.17 bits per heavy atom. The van der Waals surface area contributed by atoms with Crippen LogP contribution in [-0.2, 0) is 11.8 Å². The first kappa shape index (κ1) is 21.0. The Morgan fingerprint density at radius 3 is 2.57 bits per heavy atom. The second kappa shape index (κ2) is 8.83. The molecule has 0 N–H and O–H groups in total. The van der Waals surface area contributed by atoms with Crippen LogP contribution in [0.15, 0.2) is 18.3 Å². The zero-order valence-corrected chi connectivity index (χ0v) is 19.0. The topological polar surface area (TPSA) is 63.5 Å². The number of nitrogens with zero attached hydrogens (tertiary/aromatic N) is 5. The van der Waals surface area contributed by atoms with Crippen LogP contribution >= 0.6 is 11.3 Å². The van der Waals surface area contributed by atoms with E-state index in [2.05, 4.69) is 36.0 Å². The minimum Gasteiger partial charge on any atom is -0.379 e. The number of carbonyl (C=O) groups is 1. The van der Waals surface area contributed by atoms with Crippen molar-refractivity contribution in [2.24, 2.45) is 7.05 Å². The maximum atomic E-state index is 13.6. The van der Waals surface area contributed by atoms with Crippen molar-refractivity contribution in [1.82, 2.24) is 19.7 Å². The molecule has 0 unspecified atom stereocenters. The molecule has 3 heterocycles. The van der Waals surface area contributed by atoms with Gasteiger partial charge in [-0.3, -0.25) is 19.3 Å². The molecule has 1 aliphatic rings. The molecule has 0 aliphatic carbocycles. The van der Waals surface area contributed by atoms with Crippen LogP contribution in [0.5, 0.6) is 0 Å². The van der Waals surface area contributed by atoms with Gasteiger partial charge in [0.2, 0.25) is 0 Å². The highest BCUT2D eigenvalue weighted by atomic mass is 32.1. The van der Waals surface area contributed by atoms with Gasteiger partial charge in [0.15, 0.2) is 5.13 Å². The summed E-state index contributed by atoms with van der Waals surface area (Å²) in [6, 6.07) is 4.21. The van der Waals surface area contributed by atoms with Crippen molar-refractivity contribution >= 4 is 32.6 Å². The van der Waals surface area contributed by atoms with E-state index in [1.165, 1.54) is 5.56 Å². The standard InChI is InChI=1S/C22H29N5O2S/c1-15-6-7-16(2)20-18(15)24-22(30-20)27(9-5-8-26-10-12-29-13-11-26)21(28)19-17(3)14-23-25(19)4/h6-7,14H,5,8-13H2,1-4H3. The number of amides is 1. The molecular formula is C22H29N5O2S. The van der Waals surface area contributed by atoms with E-state index in [1.807, 2.05) is 18.9 Å². The van der Waals surface area contributed by atoms with E-state index >= 15 is 0 Å². The summed E-state index contributed by atoms with van der Waals surface area (Å²) >= 11 is 1.60. The number of thiazole rings is 1. The van der Waals surface area contributed by atoms with E-state index < -0.39 is 0 Å². The first-order valence-corrected chi connectivity index (χ1v) is 11.2. The lowest BCUT2D eigenvalue weighted by molar-refractivity contribution is 0.0376. The molecule has 8 heteroatoms. The van der Waals surface area contributed by atoms with Gasteiger partial charge in [-0.05, 0) is 43.9 Å². The van der Waals surface area contributed by atoms with Crippen molar-refractivity contribution in [2.75, 3.05) is 44.3 Å². The number of aromatic nitrogens is 3. The number of ether oxygens (including phenoxy) is 1. The van der Waals surface area contributed by atoms with Gasteiger partial charge in [0, 0.05) is 33.2 Å². The van der Waals surface area contributed by atoms with Crippen LogP contribution in [0.1, 0.15) is 33.6 Å². The van der Waals surface area contributed by atoms with Gasteiger partial charge in [-0.1, -0.05) is 23.5 Å². The zero-order valence-electron chi connectivity index (χ0n) is 18.1. The molecule has 0 spiro atoms. The number of benzene rings is 1. The molecule has 160 valence electrons. The van der Waals surface area contributed by atoms with Gasteiger partial charge >= 0.3 is 0 Å². The van der Waals surface area contributed by atoms with Crippen LogP contribution in [-0.4, -0.2) is 65.0 Å². The van der Waals surface area contributed by atoms with Gasteiger partial charge in [0.1, 0.15) is 5.69 Å². The lowest BCUT2D eigenvalue weighted by Crippen LogP contribution is -2.39.